The zero-order chi connectivity index (χ0) is 20.0. The molecule has 0 radical (unpaired) electrons. The van der Waals surface area contributed by atoms with Crippen LogP contribution in [0.1, 0.15) is 37.8 Å². The van der Waals surface area contributed by atoms with Crippen LogP contribution in [0.2, 0.25) is 5.02 Å². The molecular weight excluding hydrogens is 386 g/mol. The Morgan fingerprint density at radius 3 is 2.43 bits per heavy atom. The molecule has 1 atom stereocenters. The number of nitrogens with two attached hydrogens (primary N) is 1. The average Bonchev–Trinajstić information content (AvgIpc) is 2.67. The fourth-order valence-corrected chi connectivity index (χ4v) is 4.55. The number of ether oxygens (including phenoxy) is 1. The molecule has 0 saturated heterocycles. The SMILES string of the molecule is CCCC(C)(N)c1ccc(Sc2cccc(OCc3ccccc3)c2)cc1Cl. The molecule has 0 aliphatic carbocycles. The molecule has 1 unspecified atom stereocenters. The van der Waals surface area contributed by atoms with Crippen molar-refractivity contribution in [2.24, 2.45) is 5.73 Å². The fraction of sp³-hybridized carbons (Fsp3) is 0.250. The van der Waals surface area contributed by atoms with Gasteiger partial charge in [-0.1, -0.05) is 79.2 Å². The zero-order valence-corrected chi connectivity index (χ0v) is 17.9. The van der Waals surface area contributed by atoms with Crippen LogP contribution in [0.15, 0.2) is 82.6 Å². The van der Waals surface area contributed by atoms with Crippen molar-refractivity contribution in [2.75, 3.05) is 0 Å². The number of hydrogen-bond acceptors (Lipinski definition) is 3. The van der Waals surface area contributed by atoms with Crippen LogP contribution < -0.4 is 10.5 Å². The zero-order valence-electron chi connectivity index (χ0n) is 16.3. The molecule has 0 saturated carbocycles. The second kappa shape index (κ2) is 9.51. The third-order valence-corrected chi connectivity index (χ3v) is 5.91. The van der Waals surface area contributed by atoms with Gasteiger partial charge in [-0.3, -0.25) is 0 Å². The van der Waals surface area contributed by atoms with Gasteiger partial charge in [0.2, 0.25) is 0 Å². The van der Waals surface area contributed by atoms with Crippen LogP contribution in [0.25, 0.3) is 0 Å². The molecule has 0 fully saturated rings. The number of benzene rings is 3. The van der Waals surface area contributed by atoms with Gasteiger partial charge in [-0.05, 0) is 54.8 Å². The largest absolute Gasteiger partial charge is 0.489 e. The van der Waals surface area contributed by atoms with Crippen LogP contribution >= 0.6 is 23.4 Å². The third-order valence-electron chi connectivity index (χ3n) is 4.61. The Hall–Kier alpha value is -1.94. The van der Waals surface area contributed by atoms with Gasteiger partial charge >= 0.3 is 0 Å². The van der Waals surface area contributed by atoms with Crippen molar-refractivity contribution < 1.29 is 4.74 Å². The molecular formula is C24H26ClNOS. The van der Waals surface area contributed by atoms with Gasteiger partial charge in [0.1, 0.15) is 12.4 Å². The monoisotopic (exact) mass is 411 g/mol. The van der Waals surface area contributed by atoms with Crippen LogP contribution in [0, 0.1) is 0 Å². The molecule has 0 amide bonds. The van der Waals surface area contributed by atoms with Crippen molar-refractivity contribution in [1.82, 2.24) is 0 Å². The molecule has 28 heavy (non-hydrogen) atoms. The molecule has 0 aliphatic rings. The van der Waals surface area contributed by atoms with Gasteiger partial charge in [-0.15, -0.1) is 0 Å². The van der Waals surface area contributed by atoms with E-state index < -0.39 is 5.54 Å². The number of hydrogen-bond donors (Lipinski definition) is 1. The Bertz CT molecular complexity index is 911. The molecule has 0 spiro atoms. The van der Waals surface area contributed by atoms with Crippen molar-refractivity contribution >= 4 is 23.4 Å². The van der Waals surface area contributed by atoms with Crippen LogP contribution in [0.3, 0.4) is 0 Å². The summed E-state index contributed by atoms with van der Waals surface area (Å²) < 4.78 is 5.93. The highest BCUT2D eigenvalue weighted by Gasteiger charge is 2.23. The fourth-order valence-electron chi connectivity index (χ4n) is 3.18. The van der Waals surface area contributed by atoms with Crippen molar-refractivity contribution in [3.8, 4) is 5.75 Å². The van der Waals surface area contributed by atoms with Crippen molar-refractivity contribution in [1.29, 1.82) is 0 Å². The summed E-state index contributed by atoms with van der Waals surface area (Å²) in [4.78, 5) is 2.19. The molecule has 2 nitrogen and oxygen atoms in total. The minimum absolute atomic E-state index is 0.403. The molecule has 0 aliphatic heterocycles. The maximum atomic E-state index is 6.55. The lowest BCUT2D eigenvalue weighted by atomic mass is 9.89. The molecule has 3 rings (SSSR count). The van der Waals surface area contributed by atoms with E-state index in [0.29, 0.717) is 6.61 Å². The molecule has 3 aromatic rings. The lowest BCUT2D eigenvalue weighted by Crippen LogP contribution is -2.33. The summed E-state index contributed by atoms with van der Waals surface area (Å²) in [5.74, 6) is 0.856. The second-order valence-corrected chi connectivity index (χ2v) is 8.71. The summed E-state index contributed by atoms with van der Waals surface area (Å²) in [5.41, 5.74) is 8.20. The first-order valence-electron chi connectivity index (χ1n) is 9.51. The van der Waals surface area contributed by atoms with Gasteiger partial charge < -0.3 is 10.5 Å². The molecule has 0 aromatic heterocycles. The Morgan fingerprint density at radius 2 is 1.71 bits per heavy atom. The number of halogens is 1. The van der Waals surface area contributed by atoms with Crippen molar-refractivity contribution in [3.05, 3.63) is 88.9 Å². The molecule has 146 valence electrons. The first-order valence-corrected chi connectivity index (χ1v) is 10.7. The Balaban J connectivity index is 1.69. The quantitative estimate of drug-likeness (QED) is 0.431. The lowest BCUT2D eigenvalue weighted by Gasteiger charge is -2.26. The van der Waals surface area contributed by atoms with Gasteiger partial charge in [0, 0.05) is 20.4 Å². The first-order chi connectivity index (χ1) is 13.5. The van der Waals surface area contributed by atoms with E-state index in [1.54, 1.807) is 11.8 Å². The smallest absolute Gasteiger partial charge is 0.120 e. The van der Waals surface area contributed by atoms with E-state index in [9.17, 15) is 0 Å². The summed E-state index contributed by atoms with van der Waals surface area (Å²) in [6.45, 7) is 4.73. The van der Waals surface area contributed by atoms with E-state index in [-0.39, 0.29) is 0 Å². The average molecular weight is 412 g/mol. The maximum Gasteiger partial charge on any atom is 0.120 e. The summed E-state index contributed by atoms with van der Waals surface area (Å²) in [6, 6.07) is 24.4. The highest BCUT2D eigenvalue weighted by molar-refractivity contribution is 7.99. The van der Waals surface area contributed by atoms with Gasteiger partial charge in [0.05, 0.1) is 0 Å². The van der Waals surface area contributed by atoms with Gasteiger partial charge in [-0.2, -0.15) is 0 Å². The molecule has 3 aromatic carbocycles. The maximum absolute atomic E-state index is 6.55. The van der Waals surface area contributed by atoms with Gasteiger partial charge in [-0.25, -0.2) is 0 Å². The second-order valence-electron chi connectivity index (χ2n) is 7.16. The summed E-state index contributed by atoms with van der Waals surface area (Å²) >= 11 is 8.21. The van der Waals surface area contributed by atoms with Crippen molar-refractivity contribution in [2.45, 2.75) is 48.6 Å². The molecule has 0 bridgehead atoms. The van der Waals surface area contributed by atoms with E-state index in [1.165, 1.54) is 0 Å². The van der Waals surface area contributed by atoms with E-state index in [0.717, 1.165) is 44.5 Å². The minimum atomic E-state index is -0.403. The van der Waals surface area contributed by atoms with Crippen molar-refractivity contribution in [3.63, 3.8) is 0 Å². The predicted octanol–water partition coefficient (Wildman–Crippen LogP) is 7.04. The summed E-state index contributed by atoms with van der Waals surface area (Å²) in [5, 5.41) is 0.722. The van der Waals surface area contributed by atoms with E-state index in [4.69, 9.17) is 22.1 Å². The van der Waals surface area contributed by atoms with Gasteiger partial charge in [0.25, 0.3) is 0 Å². The first kappa shape index (κ1) is 20.8. The standard InChI is InChI=1S/C24H26ClNOS/c1-3-14-24(2,26)22-13-12-21(16-23(22)25)28-20-11-7-10-19(15-20)27-17-18-8-5-4-6-9-18/h4-13,15-16H,3,14,17,26H2,1-2H3. The third kappa shape index (κ3) is 5.54. The predicted molar refractivity (Wildman–Crippen MR) is 119 cm³/mol. The Morgan fingerprint density at radius 1 is 0.964 bits per heavy atom. The highest BCUT2D eigenvalue weighted by Crippen LogP contribution is 2.36. The Kier molecular flexibility index (Phi) is 7.06. The van der Waals surface area contributed by atoms with Crippen LogP contribution in [-0.4, -0.2) is 0 Å². The molecule has 4 heteroatoms. The van der Waals surface area contributed by atoms with Crippen LogP contribution in [-0.2, 0) is 12.1 Å². The van der Waals surface area contributed by atoms with E-state index >= 15 is 0 Å². The van der Waals surface area contributed by atoms with Gasteiger partial charge in [0.15, 0.2) is 0 Å². The summed E-state index contributed by atoms with van der Waals surface area (Å²) in [6.07, 6.45) is 1.93. The normalized spacial score (nSPS) is 13.1. The van der Waals surface area contributed by atoms with E-state index in [1.807, 2.05) is 43.3 Å². The highest BCUT2D eigenvalue weighted by atomic mass is 35.5. The Labute approximate surface area is 177 Å². The summed E-state index contributed by atoms with van der Waals surface area (Å²) in [7, 11) is 0. The lowest BCUT2D eigenvalue weighted by molar-refractivity contribution is 0.305. The molecule has 2 N–H and O–H groups in total. The minimum Gasteiger partial charge on any atom is -0.489 e. The molecule has 0 heterocycles. The van der Waals surface area contributed by atoms with Crippen LogP contribution in [0.4, 0.5) is 0 Å². The van der Waals surface area contributed by atoms with Crippen LogP contribution in [0.5, 0.6) is 5.75 Å². The van der Waals surface area contributed by atoms with E-state index in [2.05, 4.69) is 43.3 Å². The number of rotatable bonds is 8. The topological polar surface area (TPSA) is 35.2 Å².